The third-order valence-electron chi connectivity index (χ3n) is 4.85. The summed E-state index contributed by atoms with van der Waals surface area (Å²) >= 11 is 1.04. The van der Waals surface area contributed by atoms with Crippen LogP contribution in [0.4, 0.5) is 4.79 Å². The van der Waals surface area contributed by atoms with E-state index in [1.165, 1.54) is 0 Å². The number of carbonyl (C=O) groups excluding carboxylic acids is 2. The lowest BCUT2D eigenvalue weighted by molar-refractivity contribution is 0.0371. The van der Waals surface area contributed by atoms with Crippen molar-refractivity contribution in [2.45, 2.75) is 18.9 Å². The van der Waals surface area contributed by atoms with Crippen LogP contribution in [0.3, 0.4) is 0 Å². The molecule has 1 atom stereocenters. The summed E-state index contributed by atoms with van der Waals surface area (Å²) < 4.78 is 13.6. The highest BCUT2D eigenvalue weighted by Gasteiger charge is 2.51. The fourth-order valence-electron chi connectivity index (χ4n) is 3.59. The van der Waals surface area contributed by atoms with Gasteiger partial charge >= 0.3 is 6.09 Å². The van der Waals surface area contributed by atoms with Crippen molar-refractivity contribution in [3.8, 4) is 0 Å². The SMILES string of the molecule is Cc1nsnc1C(=O)N1CCN2C(=O)OCC2(Cc2ccccc2)C1. The fraction of sp³-hybridized carbons (Fsp3) is 0.412. The van der Waals surface area contributed by atoms with Crippen LogP contribution in [0.1, 0.15) is 21.7 Å². The minimum absolute atomic E-state index is 0.127. The molecule has 0 spiro atoms. The third kappa shape index (κ3) is 2.76. The van der Waals surface area contributed by atoms with E-state index in [-0.39, 0.29) is 12.0 Å². The van der Waals surface area contributed by atoms with Crippen molar-refractivity contribution in [3.05, 3.63) is 47.3 Å². The van der Waals surface area contributed by atoms with Gasteiger partial charge in [0.2, 0.25) is 0 Å². The highest BCUT2D eigenvalue weighted by atomic mass is 32.1. The highest BCUT2D eigenvalue weighted by Crippen LogP contribution is 2.33. The van der Waals surface area contributed by atoms with E-state index >= 15 is 0 Å². The maximum absolute atomic E-state index is 12.8. The van der Waals surface area contributed by atoms with Gasteiger partial charge in [0.25, 0.3) is 5.91 Å². The van der Waals surface area contributed by atoms with Crippen LogP contribution in [0.5, 0.6) is 0 Å². The van der Waals surface area contributed by atoms with Crippen molar-refractivity contribution in [3.63, 3.8) is 0 Å². The maximum atomic E-state index is 12.8. The molecule has 2 aromatic rings. The van der Waals surface area contributed by atoms with Gasteiger partial charge in [-0.1, -0.05) is 30.3 Å². The van der Waals surface area contributed by atoms with E-state index in [2.05, 4.69) is 8.75 Å². The van der Waals surface area contributed by atoms with Crippen LogP contribution in [0.25, 0.3) is 0 Å². The van der Waals surface area contributed by atoms with Gasteiger partial charge in [-0.3, -0.25) is 9.69 Å². The summed E-state index contributed by atoms with van der Waals surface area (Å²) in [4.78, 5) is 28.5. The highest BCUT2D eigenvalue weighted by molar-refractivity contribution is 6.99. The standard InChI is InChI=1S/C17H18N4O3S/c1-12-14(19-25-18-12)15(22)20-7-8-21-16(23)24-11-17(21,10-20)9-13-5-3-2-4-6-13/h2-6H,7-11H2,1H3. The van der Waals surface area contributed by atoms with Gasteiger partial charge < -0.3 is 9.64 Å². The first-order chi connectivity index (χ1) is 12.1. The molecular formula is C17H18N4O3S. The molecule has 25 heavy (non-hydrogen) atoms. The number of carbonyl (C=O) groups is 2. The molecule has 3 heterocycles. The molecule has 130 valence electrons. The van der Waals surface area contributed by atoms with E-state index in [4.69, 9.17) is 4.74 Å². The Morgan fingerprint density at radius 1 is 1.28 bits per heavy atom. The number of nitrogens with zero attached hydrogens (tertiary/aromatic N) is 4. The van der Waals surface area contributed by atoms with Crippen LogP contribution in [0.15, 0.2) is 30.3 Å². The Kier molecular flexibility index (Phi) is 3.91. The summed E-state index contributed by atoms with van der Waals surface area (Å²) in [7, 11) is 0. The van der Waals surface area contributed by atoms with Crippen LogP contribution in [0, 0.1) is 6.92 Å². The van der Waals surface area contributed by atoms with Gasteiger partial charge in [-0.2, -0.15) is 8.75 Å². The topological polar surface area (TPSA) is 75.6 Å². The van der Waals surface area contributed by atoms with E-state index in [0.29, 0.717) is 44.0 Å². The van der Waals surface area contributed by atoms with Gasteiger partial charge in [0, 0.05) is 26.1 Å². The van der Waals surface area contributed by atoms with E-state index in [1.807, 2.05) is 30.3 Å². The van der Waals surface area contributed by atoms with Crippen molar-refractivity contribution >= 4 is 23.7 Å². The molecule has 2 aliphatic heterocycles. The van der Waals surface area contributed by atoms with Gasteiger partial charge in [0.1, 0.15) is 12.1 Å². The zero-order chi connectivity index (χ0) is 17.4. The molecule has 2 fully saturated rings. The largest absolute Gasteiger partial charge is 0.447 e. The summed E-state index contributed by atoms with van der Waals surface area (Å²) in [5, 5.41) is 0. The molecule has 0 aliphatic carbocycles. The summed E-state index contributed by atoms with van der Waals surface area (Å²) in [6, 6.07) is 9.98. The number of aryl methyl sites for hydroxylation is 1. The lowest BCUT2D eigenvalue weighted by Gasteiger charge is -2.44. The zero-order valence-electron chi connectivity index (χ0n) is 13.8. The molecule has 4 rings (SSSR count). The van der Waals surface area contributed by atoms with E-state index in [9.17, 15) is 9.59 Å². The van der Waals surface area contributed by atoms with Crippen molar-refractivity contribution < 1.29 is 14.3 Å². The number of hydrogen-bond acceptors (Lipinski definition) is 6. The van der Waals surface area contributed by atoms with Crippen molar-refractivity contribution in [2.24, 2.45) is 0 Å². The second-order valence-corrected chi connectivity index (χ2v) is 7.05. The normalized spacial score (nSPS) is 22.7. The summed E-state index contributed by atoms with van der Waals surface area (Å²) in [5.41, 5.74) is 1.64. The number of aromatic nitrogens is 2. The van der Waals surface area contributed by atoms with E-state index < -0.39 is 5.54 Å². The van der Waals surface area contributed by atoms with Gasteiger partial charge in [-0.15, -0.1) is 0 Å². The molecular weight excluding hydrogens is 340 g/mol. The lowest BCUT2D eigenvalue weighted by atomic mass is 9.88. The molecule has 1 aromatic carbocycles. The minimum atomic E-state index is -0.524. The number of rotatable bonds is 3. The molecule has 0 bridgehead atoms. The predicted molar refractivity (Wildman–Crippen MR) is 91.5 cm³/mol. The molecule has 2 saturated heterocycles. The van der Waals surface area contributed by atoms with Crippen LogP contribution >= 0.6 is 11.7 Å². The monoisotopic (exact) mass is 358 g/mol. The number of fused-ring (bicyclic) bond motifs is 1. The Bertz CT molecular complexity index is 809. The first-order valence-electron chi connectivity index (χ1n) is 8.16. The summed E-state index contributed by atoms with van der Waals surface area (Å²) in [6.45, 7) is 3.45. The molecule has 2 amide bonds. The molecule has 2 aliphatic rings. The molecule has 7 nitrogen and oxygen atoms in total. The zero-order valence-corrected chi connectivity index (χ0v) is 14.7. The average molecular weight is 358 g/mol. The first kappa shape index (κ1) is 16.0. The average Bonchev–Trinajstić information content (AvgIpc) is 3.19. The summed E-state index contributed by atoms with van der Waals surface area (Å²) in [6.07, 6.45) is 0.354. The van der Waals surface area contributed by atoms with E-state index in [0.717, 1.165) is 17.3 Å². The number of piperazine rings is 1. The Hall–Kier alpha value is -2.48. The molecule has 0 saturated carbocycles. The van der Waals surface area contributed by atoms with Crippen LogP contribution < -0.4 is 0 Å². The van der Waals surface area contributed by atoms with Gasteiger partial charge in [0.05, 0.1) is 17.4 Å². The molecule has 1 unspecified atom stereocenters. The van der Waals surface area contributed by atoms with Crippen LogP contribution in [-0.4, -0.2) is 62.3 Å². The predicted octanol–water partition coefficient (Wildman–Crippen LogP) is 1.74. The van der Waals surface area contributed by atoms with Crippen molar-refractivity contribution in [1.29, 1.82) is 0 Å². The van der Waals surface area contributed by atoms with Gasteiger partial charge in [-0.25, -0.2) is 4.79 Å². The maximum Gasteiger partial charge on any atom is 0.410 e. The Balaban J connectivity index is 1.62. The quantitative estimate of drug-likeness (QED) is 0.835. The molecule has 0 radical (unpaired) electrons. The van der Waals surface area contributed by atoms with Crippen LogP contribution in [0.2, 0.25) is 0 Å². The third-order valence-corrected chi connectivity index (χ3v) is 5.47. The Labute approximate surface area is 149 Å². The minimum Gasteiger partial charge on any atom is -0.447 e. The first-order valence-corrected chi connectivity index (χ1v) is 8.89. The number of hydrogen-bond donors (Lipinski definition) is 0. The summed E-state index contributed by atoms with van der Waals surface area (Å²) in [5.74, 6) is -0.127. The van der Waals surface area contributed by atoms with Gasteiger partial charge in [-0.05, 0) is 12.5 Å². The number of cyclic esters (lactones) is 1. The number of amides is 2. The molecule has 1 aromatic heterocycles. The smallest absolute Gasteiger partial charge is 0.410 e. The Morgan fingerprint density at radius 2 is 2.08 bits per heavy atom. The van der Waals surface area contributed by atoms with E-state index in [1.54, 1.807) is 16.7 Å². The van der Waals surface area contributed by atoms with Crippen LogP contribution in [-0.2, 0) is 11.2 Å². The number of ether oxygens (including phenoxy) is 1. The molecule has 0 N–H and O–H groups in total. The van der Waals surface area contributed by atoms with Crippen molar-refractivity contribution in [1.82, 2.24) is 18.5 Å². The fourth-order valence-corrected chi connectivity index (χ4v) is 4.13. The second kappa shape index (κ2) is 6.11. The van der Waals surface area contributed by atoms with Gasteiger partial charge in [0.15, 0.2) is 5.69 Å². The van der Waals surface area contributed by atoms with Crippen molar-refractivity contribution in [2.75, 3.05) is 26.2 Å². The second-order valence-electron chi connectivity index (χ2n) is 6.52. The Morgan fingerprint density at radius 3 is 2.80 bits per heavy atom. The molecule has 8 heteroatoms. The lowest BCUT2D eigenvalue weighted by Crippen LogP contribution is -2.63. The number of benzene rings is 1.